The Morgan fingerprint density at radius 2 is 1.00 bits per heavy atom. The van der Waals surface area contributed by atoms with Gasteiger partial charge in [-0.1, -0.05) is 0 Å². The number of carboxylic acid groups (broad SMARTS) is 4. The summed E-state index contributed by atoms with van der Waals surface area (Å²) in [5.41, 5.74) is 2.50. The molecule has 0 saturated carbocycles. The van der Waals surface area contributed by atoms with Crippen LogP contribution in [0.1, 0.15) is 12.8 Å². The quantitative estimate of drug-likeness (QED) is 0.180. The van der Waals surface area contributed by atoms with Crippen molar-refractivity contribution >= 4 is 51.2 Å². The number of carbonyl (C=O) groups excluding carboxylic acids is 4. The molecule has 4 radical (unpaired) electrons. The van der Waals surface area contributed by atoms with Gasteiger partial charge < -0.3 is 50.0 Å². The molecule has 0 aliphatic carbocycles. The van der Waals surface area contributed by atoms with Crippen LogP contribution < -0.4 is 31.4 Å². The van der Waals surface area contributed by atoms with E-state index < -0.39 is 48.8 Å². The maximum absolute atomic E-state index is 9.84. The van der Waals surface area contributed by atoms with Gasteiger partial charge in [0.25, 0.3) is 0 Å². The minimum Gasteiger partial charge on any atom is -0.550 e. The summed E-state index contributed by atoms with van der Waals surface area (Å²) in [4.78, 5) is 39.1. The van der Waals surface area contributed by atoms with Crippen molar-refractivity contribution in [3.8, 4) is 0 Å². The van der Waals surface area contributed by atoms with Crippen molar-refractivity contribution in [1.82, 2.24) is 11.0 Å². The topological polar surface area (TPSA) is 225 Å². The van der Waals surface area contributed by atoms with Gasteiger partial charge in [0, 0.05) is 52.1 Å². The van der Waals surface area contributed by atoms with Gasteiger partial charge in [-0.25, -0.2) is 0 Å². The van der Waals surface area contributed by atoms with Gasteiger partial charge in [0.2, 0.25) is 0 Å². The molecule has 0 aromatic rings. The standard InChI is InChI=1S/2C4H7NO5.Pb/c2*6-3(7)1-2(5-10)4(8)9;/h2*2,5,10H,1H2,(H,6,7)(H,8,9);/p-4. The molecule has 4 N–H and O–H groups in total. The first-order chi connectivity index (χ1) is 9.15. The molecule has 0 aliphatic heterocycles. The molecule has 0 rings (SSSR count). The first-order valence-electron chi connectivity index (χ1n) is 4.76. The summed E-state index contributed by atoms with van der Waals surface area (Å²) in [5, 5.41) is 55.1. The third kappa shape index (κ3) is 14.9. The predicted molar refractivity (Wildman–Crippen MR) is 52.4 cm³/mol. The molecule has 2 atom stereocenters. The van der Waals surface area contributed by atoms with E-state index >= 15 is 0 Å². The molecule has 0 bridgehead atoms. The zero-order chi connectivity index (χ0) is 16.3. The van der Waals surface area contributed by atoms with Crippen molar-refractivity contribution in [3.05, 3.63) is 0 Å². The van der Waals surface area contributed by atoms with Crippen LogP contribution in [0, 0.1) is 0 Å². The van der Waals surface area contributed by atoms with Gasteiger partial charge in [0.1, 0.15) is 0 Å². The zero-order valence-electron chi connectivity index (χ0n) is 10.2. The molecule has 0 aliphatic rings. The van der Waals surface area contributed by atoms with E-state index in [9.17, 15) is 39.6 Å². The van der Waals surface area contributed by atoms with E-state index in [1.807, 2.05) is 0 Å². The van der Waals surface area contributed by atoms with Crippen molar-refractivity contribution in [2.75, 3.05) is 0 Å². The van der Waals surface area contributed by atoms with Gasteiger partial charge in [0.05, 0.1) is 24.0 Å². The molecular weight excluding hydrogens is 491 g/mol. The summed E-state index contributed by atoms with van der Waals surface area (Å²) < 4.78 is 0. The van der Waals surface area contributed by atoms with Gasteiger partial charge in [-0.3, -0.25) is 0 Å². The summed E-state index contributed by atoms with van der Waals surface area (Å²) in [6.07, 6.45) is -1.64. The molecule has 2 unspecified atom stereocenters. The van der Waals surface area contributed by atoms with Crippen molar-refractivity contribution in [3.63, 3.8) is 0 Å². The van der Waals surface area contributed by atoms with Crippen molar-refractivity contribution in [1.29, 1.82) is 0 Å². The smallest absolute Gasteiger partial charge is 0.0766 e. The summed E-state index contributed by atoms with van der Waals surface area (Å²) in [6.45, 7) is 0. The Bertz CT molecular complexity index is 329. The normalized spacial score (nSPS) is 11.9. The van der Waals surface area contributed by atoms with E-state index in [1.165, 1.54) is 11.0 Å². The van der Waals surface area contributed by atoms with E-state index in [4.69, 9.17) is 10.4 Å². The molecule has 120 valence electrons. The van der Waals surface area contributed by atoms with E-state index in [-0.39, 0.29) is 27.3 Å². The van der Waals surface area contributed by atoms with Crippen LogP contribution in [0.3, 0.4) is 0 Å². The van der Waals surface area contributed by atoms with Crippen LogP contribution in [0.25, 0.3) is 0 Å². The van der Waals surface area contributed by atoms with Crippen LogP contribution in [-0.4, -0.2) is 73.7 Å². The largest absolute Gasteiger partial charge is 0.550 e. The van der Waals surface area contributed by atoms with E-state index in [0.29, 0.717) is 0 Å². The second-order valence-electron chi connectivity index (χ2n) is 3.15. The molecule has 0 aromatic heterocycles. The summed E-state index contributed by atoms with van der Waals surface area (Å²) >= 11 is 0. The van der Waals surface area contributed by atoms with Crippen LogP contribution in [0.15, 0.2) is 0 Å². The molecule has 0 saturated heterocycles. The van der Waals surface area contributed by atoms with Gasteiger partial charge in [-0.2, -0.15) is 11.0 Å². The predicted octanol–water partition coefficient (Wildman–Crippen LogP) is -7.93. The number of nitrogens with one attached hydrogen (secondary N) is 2. The monoisotopic (exact) mass is 502 g/mol. The number of rotatable bonds is 8. The second kappa shape index (κ2) is 13.6. The molecule has 0 fully saturated rings. The van der Waals surface area contributed by atoms with Crippen LogP contribution >= 0.6 is 0 Å². The Balaban J connectivity index is -0.000000295. The fourth-order valence-electron chi connectivity index (χ4n) is 0.697. The third-order valence-corrected chi connectivity index (χ3v) is 1.62. The Kier molecular flexibility index (Phi) is 16.0. The molecule has 13 heteroatoms. The number of hydrogen-bond acceptors (Lipinski definition) is 12. The van der Waals surface area contributed by atoms with E-state index in [0.717, 1.165) is 0 Å². The average Bonchev–Trinajstić information content (AvgIpc) is 2.32. The Morgan fingerprint density at radius 1 is 0.762 bits per heavy atom. The first-order valence-corrected chi connectivity index (χ1v) is 4.76. The third-order valence-electron chi connectivity index (χ3n) is 1.62. The first kappa shape index (κ1) is 24.6. The zero-order valence-corrected chi connectivity index (χ0v) is 14.1. The van der Waals surface area contributed by atoms with Crippen LogP contribution in [0.2, 0.25) is 0 Å². The summed E-state index contributed by atoms with van der Waals surface area (Å²) in [5.74, 6) is -6.52. The number of carbonyl (C=O) groups is 4. The van der Waals surface area contributed by atoms with Gasteiger partial charge in [0.15, 0.2) is 0 Å². The fraction of sp³-hybridized carbons (Fsp3) is 0.500. The van der Waals surface area contributed by atoms with Gasteiger partial charge in [-0.15, -0.1) is 0 Å². The van der Waals surface area contributed by atoms with Crippen LogP contribution in [-0.2, 0) is 19.2 Å². The molecule has 21 heavy (non-hydrogen) atoms. The Morgan fingerprint density at radius 3 is 1.05 bits per heavy atom. The van der Waals surface area contributed by atoms with Crippen molar-refractivity contribution < 1.29 is 50.0 Å². The summed E-state index contributed by atoms with van der Waals surface area (Å²) in [6, 6.07) is -3.21. The number of aliphatic carboxylic acids is 4. The SMILES string of the molecule is O=C([O-])CC(NO)C(=O)[O-].O=C([O-])CC(NO)C(=O)[O-].[Pb]. The van der Waals surface area contributed by atoms with Crippen LogP contribution in [0.5, 0.6) is 0 Å². The summed E-state index contributed by atoms with van der Waals surface area (Å²) in [7, 11) is 0. The minimum absolute atomic E-state index is 0. The van der Waals surface area contributed by atoms with E-state index in [2.05, 4.69) is 0 Å². The fourth-order valence-corrected chi connectivity index (χ4v) is 0.697. The molecule has 12 nitrogen and oxygen atoms in total. The minimum atomic E-state index is -1.69. The van der Waals surface area contributed by atoms with Crippen molar-refractivity contribution in [2.45, 2.75) is 24.9 Å². The van der Waals surface area contributed by atoms with Gasteiger partial charge >= 0.3 is 0 Å². The Hall–Kier alpha value is -1.36. The molecule has 0 aromatic carbocycles. The molecule has 0 amide bonds. The number of hydroxylamine groups is 2. The number of hydrogen-bond donors (Lipinski definition) is 4. The van der Waals surface area contributed by atoms with Gasteiger partial charge in [-0.05, 0) is 0 Å². The van der Waals surface area contributed by atoms with Crippen molar-refractivity contribution in [2.24, 2.45) is 0 Å². The van der Waals surface area contributed by atoms with E-state index in [1.54, 1.807) is 0 Å². The Labute approximate surface area is 137 Å². The van der Waals surface area contributed by atoms with Crippen LogP contribution in [0.4, 0.5) is 0 Å². The molecular formula is C8H10N2O10Pb-4. The molecule has 0 spiro atoms. The maximum Gasteiger partial charge on any atom is 0.0766 e. The second-order valence-corrected chi connectivity index (χ2v) is 3.15. The molecule has 0 heterocycles. The maximum atomic E-state index is 9.84. The number of carboxylic acids is 4. The average molecular weight is 501 g/mol.